The van der Waals surface area contributed by atoms with Gasteiger partial charge in [0, 0.05) is 12.5 Å². The van der Waals surface area contributed by atoms with Crippen molar-refractivity contribution in [2.24, 2.45) is 0 Å². The molecular weight excluding hydrogens is 222 g/mol. The van der Waals surface area contributed by atoms with Gasteiger partial charge in [0.05, 0.1) is 17.1 Å². The number of carbonyl (C=O) groups excluding carboxylic acids is 1. The summed E-state index contributed by atoms with van der Waals surface area (Å²) in [6.07, 6.45) is 0. The number of rotatable bonds is 1. The fourth-order valence-electron chi connectivity index (χ4n) is 1.03. The number of nitrogen functional groups attached to an aromatic ring is 2. The largest absolute Gasteiger partial charge is 0.396 e. The van der Waals surface area contributed by atoms with E-state index in [1.54, 1.807) is 6.07 Å². The summed E-state index contributed by atoms with van der Waals surface area (Å²) in [5.41, 5.74) is 13.1. The molecule has 84 valence electrons. The number of aryl methyl sites for hydroxylation is 1. The van der Waals surface area contributed by atoms with E-state index in [9.17, 15) is 4.79 Å². The Balaban J connectivity index is 2.81. The molecule has 0 bridgehead atoms. The molecule has 0 unspecified atom stereocenters. The fraction of sp³-hybridized carbons (Fsp3) is 0.273. The molecule has 4 N–H and O–H groups in total. The third-order valence-corrected chi connectivity index (χ3v) is 2.54. The van der Waals surface area contributed by atoms with E-state index in [0.29, 0.717) is 17.3 Å². The van der Waals surface area contributed by atoms with Crippen molar-refractivity contribution >= 4 is 28.4 Å². The van der Waals surface area contributed by atoms with E-state index in [4.69, 9.17) is 11.5 Å². The highest BCUT2D eigenvalue weighted by Gasteiger charge is 2.01. The van der Waals surface area contributed by atoms with Crippen LogP contribution in [0.5, 0.6) is 0 Å². The molecule has 0 aliphatic rings. The van der Waals surface area contributed by atoms with Crippen LogP contribution in [0, 0.1) is 18.8 Å². The second-order valence-corrected chi connectivity index (χ2v) is 4.33. The minimum Gasteiger partial charge on any atom is -0.396 e. The lowest BCUT2D eigenvalue weighted by molar-refractivity contribution is -0.109. The van der Waals surface area contributed by atoms with Gasteiger partial charge in [0.2, 0.25) is 0 Å². The molecule has 0 amide bonds. The van der Waals surface area contributed by atoms with Crippen LogP contribution in [0.3, 0.4) is 0 Å². The minimum absolute atomic E-state index is 0.0565. The second kappa shape index (κ2) is 5.42. The van der Waals surface area contributed by atoms with Crippen molar-refractivity contribution in [1.82, 2.24) is 4.98 Å². The molecule has 5 heteroatoms. The zero-order valence-electron chi connectivity index (χ0n) is 9.20. The molecular formula is C11H13N3OS. The van der Waals surface area contributed by atoms with Crippen molar-refractivity contribution in [2.45, 2.75) is 13.8 Å². The number of aromatic nitrogens is 1. The predicted molar refractivity (Wildman–Crippen MR) is 67.8 cm³/mol. The first-order chi connectivity index (χ1) is 7.50. The third-order valence-electron chi connectivity index (χ3n) is 1.84. The molecule has 1 heterocycles. The molecule has 1 aromatic rings. The standard InChI is InChI=1S/C11H13N3OS/c1-7-9(4-3-5-16-8(2)15)6-10(12)11(13)14-7/h6H,5,12H2,1-2H3,(H2,13,14). The Bertz CT molecular complexity index is 474. The number of thioether (sulfide) groups is 1. The number of hydrogen-bond donors (Lipinski definition) is 2. The summed E-state index contributed by atoms with van der Waals surface area (Å²) in [7, 11) is 0. The van der Waals surface area contributed by atoms with Gasteiger partial charge >= 0.3 is 0 Å². The third kappa shape index (κ3) is 3.48. The predicted octanol–water partition coefficient (Wildman–Crippen LogP) is 1.19. The van der Waals surface area contributed by atoms with Gasteiger partial charge in [-0.3, -0.25) is 4.79 Å². The Morgan fingerprint density at radius 2 is 2.25 bits per heavy atom. The van der Waals surface area contributed by atoms with E-state index in [-0.39, 0.29) is 5.12 Å². The Hall–Kier alpha value is -1.67. The monoisotopic (exact) mass is 235 g/mol. The molecule has 0 radical (unpaired) electrons. The van der Waals surface area contributed by atoms with Crippen LogP contribution < -0.4 is 11.5 Å². The van der Waals surface area contributed by atoms with Crippen molar-refractivity contribution in [3.05, 3.63) is 17.3 Å². The Labute approximate surface area is 98.8 Å². The van der Waals surface area contributed by atoms with Crippen molar-refractivity contribution in [1.29, 1.82) is 0 Å². The first-order valence-electron chi connectivity index (χ1n) is 4.65. The maximum absolute atomic E-state index is 10.7. The van der Waals surface area contributed by atoms with Crippen LogP contribution in [0.4, 0.5) is 11.5 Å². The van der Waals surface area contributed by atoms with Crippen molar-refractivity contribution < 1.29 is 4.79 Å². The van der Waals surface area contributed by atoms with Gasteiger partial charge in [0.25, 0.3) is 0 Å². The average Bonchev–Trinajstić information content (AvgIpc) is 2.19. The highest BCUT2D eigenvalue weighted by Crippen LogP contribution is 2.15. The first-order valence-corrected chi connectivity index (χ1v) is 5.64. The summed E-state index contributed by atoms with van der Waals surface area (Å²) in [6.45, 7) is 3.33. The lowest BCUT2D eigenvalue weighted by atomic mass is 10.2. The van der Waals surface area contributed by atoms with Crippen LogP contribution in [0.2, 0.25) is 0 Å². The SMILES string of the molecule is CC(=O)SCC#Cc1cc(N)c(N)nc1C. The normalized spacial score (nSPS) is 9.38. The molecule has 1 aromatic heterocycles. The molecule has 0 spiro atoms. The molecule has 0 atom stereocenters. The van der Waals surface area contributed by atoms with E-state index >= 15 is 0 Å². The maximum Gasteiger partial charge on any atom is 0.186 e. The number of nitrogens with two attached hydrogens (primary N) is 2. The van der Waals surface area contributed by atoms with Gasteiger partial charge in [0.1, 0.15) is 5.82 Å². The van der Waals surface area contributed by atoms with Crippen LogP contribution in [-0.4, -0.2) is 15.9 Å². The van der Waals surface area contributed by atoms with Crippen molar-refractivity contribution in [3.8, 4) is 11.8 Å². The minimum atomic E-state index is 0.0565. The molecule has 0 saturated heterocycles. The van der Waals surface area contributed by atoms with E-state index in [1.165, 1.54) is 18.7 Å². The number of nitrogens with zero attached hydrogens (tertiary/aromatic N) is 1. The highest BCUT2D eigenvalue weighted by atomic mass is 32.2. The van der Waals surface area contributed by atoms with Gasteiger partial charge in [-0.15, -0.1) is 0 Å². The molecule has 4 nitrogen and oxygen atoms in total. The van der Waals surface area contributed by atoms with Crippen LogP contribution in [-0.2, 0) is 4.79 Å². The van der Waals surface area contributed by atoms with E-state index in [0.717, 1.165) is 11.3 Å². The lowest BCUT2D eigenvalue weighted by Crippen LogP contribution is -2.01. The quantitative estimate of drug-likeness (QED) is 0.714. The number of anilines is 2. The summed E-state index contributed by atoms with van der Waals surface area (Å²) in [5.74, 6) is 6.58. The molecule has 1 rings (SSSR count). The zero-order valence-corrected chi connectivity index (χ0v) is 10.0. The summed E-state index contributed by atoms with van der Waals surface area (Å²) in [6, 6.07) is 1.70. The zero-order chi connectivity index (χ0) is 12.1. The lowest BCUT2D eigenvalue weighted by Gasteiger charge is -2.02. The fourth-order valence-corrected chi connectivity index (χ4v) is 1.38. The average molecular weight is 235 g/mol. The van der Waals surface area contributed by atoms with Gasteiger partial charge in [-0.1, -0.05) is 23.6 Å². The van der Waals surface area contributed by atoms with E-state index < -0.39 is 0 Å². The maximum atomic E-state index is 10.7. The van der Waals surface area contributed by atoms with Crippen LogP contribution >= 0.6 is 11.8 Å². The van der Waals surface area contributed by atoms with Gasteiger partial charge in [-0.2, -0.15) is 0 Å². The number of carbonyl (C=O) groups is 1. The number of pyridine rings is 1. The van der Waals surface area contributed by atoms with Gasteiger partial charge in [0.15, 0.2) is 5.12 Å². The van der Waals surface area contributed by atoms with Gasteiger partial charge < -0.3 is 11.5 Å². The first kappa shape index (κ1) is 12.4. The van der Waals surface area contributed by atoms with E-state index in [2.05, 4.69) is 16.8 Å². The number of hydrogen-bond acceptors (Lipinski definition) is 5. The highest BCUT2D eigenvalue weighted by molar-refractivity contribution is 8.13. The summed E-state index contributed by atoms with van der Waals surface area (Å²) in [4.78, 5) is 14.7. The summed E-state index contributed by atoms with van der Waals surface area (Å²) in [5, 5.41) is 0.0565. The van der Waals surface area contributed by atoms with Crippen LogP contribution in [0.15, 0.2) is 6.07 Å². The second-order valence-electron chi connectivity index (χ2n) is 3.18. The van der Waals surface area contributed by atoms with Crippen LogP contribution in [0.25, 0.3) is 0 Å². The summed E-state index contributed by atoms with van der Waals surface area (Å²) >= 11 is 1.17. The molecule has 0 saturated carbocycles. The van der Waals surface area contributed by atoms with Crippen molar-refractivity contribution in [2.75, 3.05) is 17.2 Å². The van der Waals surface area contributed by atoms with E-state index in [1.807, 2.05) is 6.92 Å². The molecule has 0 fully saturated rings. The van der Waals surface area contributed by atoms with Gasteiger partial charge in [-0.25, -0.2) is 4.98 Å². The Morgan fingerprint density at radius 3 is 2.88 bits per heavy atom. The van der Waals surface area contributed by atoms with Crippen LogP contribution in [0.1, 0.15) is 18.2 Å². The molecule has 0 aliphatic carbocycles. The summed E-state index contributed by atoms with van der Waals surface area (Å²) < 4.78 is 0. The topological polar surface area (TPSA) is 82.0 Å². The molecule has 0 aromatic carbocycles. The van der Waals surface area contributed by atoms with Gasteiger partial charge in [-0.05, 0) is 13.0 Å². The molecule has 16 heavy (non-hydrogen) atoms. The van der Waals surface area contributed by atoms with Crippen molar-refractivity contribution in [3.63, 3.8) is 0 Å². The Kier molecular flexibility index (Phi) is 4.20. The Morgan fingerprint density at radius 1 is 1.56 bits per heavy atom. The smallest absolute Gasteiger partial charge is 0.186 e. The molecule has 0 aliphatic heterocycles.